The molecule has 0 spiro atoms. The predicted molar refractivity (Wildman–Crippen MR) is 173 cm³/mol. The molecule has 1 heterocycles. The predicted octanol–water partition coefficient (Wildman–Crippen LogP) is 8.72. The van der Waals surface area contributed by atoms with Crippen LogP contribution in [0.25, 0.3) is 10.9 Å². The van der Waals surface area contributed by atoms with E-state index in [0.717, 1.165) is 77.4 Å². The lowest BCUT2D eigenvalue weighted by atomic mass is 9.34. The number of carboxylic acid groups (broad SMARTS) is 1. The van der Waals surface area contributed by atoms with E-state index in [0.29, 0.717) is 12.3 Å². The Morgan fingerprint density at radius 1 is 0.977 bits per heavy atom. The molecule has 7 rings (SSSR count). The van der Waals surface area contributed by atoms with E-state index in [1.54, 1.807) is 7.11 Å². The van der Waals surface area contributed by atoms with Crippen LogP contribution >= 0.6 is 0 Å². The fraction of sp³-hybridized carbons (Fsp3) is 0.553. The Kier molecular flexibility index (Phi) is 6.05. The number of phenolic OH excluding ortho intramolecular Hbond substituents is 2. The Morgan fingerprint density at radius 3 is 2.41 bits per heavy atom. The molecule has 44 heavy (non-hydrogen) atoms. The van der Waals surface area contributed by atoms with Gasteiger partial charge in [-0.25, -0.2) is 0 Å². The van der Waals surface area contributed by atoms with Gasteiger partial charge in [0.1, 0.15) is 5.75 Å². The topological polar surface area (TPSA) is 103 Å². The highest BCUT2D eigenvalue weighted by atomic mass is 16.5. The van der Waals surface area contributed by atoms with E-state index in [1.807, 2.05) is 32.0 Å². The highest BCUT2D eigenvalue weighted by molar-refractivity contribution is 5.86. The van der Waals surface area contributed by atoms with Crippen LogP contribution in [-0.4, -0.2) is 33.4 Å². The molecule has 3 saturated carbocycles. The molecule has 0 saturated heterocycles. The number of hydrogen-bond acceptors (Lipinski definition) is 4. The number of ether oxygens (including phenoxy) is 1. The molecule has 0 unspecified atom stereocenters. The van der Waals surface area contributed by atoms with Crippen LogP contribution < -0.4 is 4.74 Å². The van der Waals surface area contributed by atoms with Crippen molar-refractivity contribution in [2.45, 2.75) is 97.8 Å². The van der Waals surface area contributed by atoms with Crippen molar-refractivity contribution < 1.29 is 24.9 Å². The number of nitrogens with one attached hydrogen (secondary N) is 1. The van der Waals surface area contributed by atoms with Gasteiger partial charge < -0.3 is 25.0 Å². The molecule has 7 atom stereocenters. The molecule has 6 heteroatoms. The number of aromatic amines is 1. The van der Waals surface area contributed by atoms with E-state index in [9.17, 15) is 20.1 Å². The molecule has 0 amide bonds. The first kappa shape index (κ1) is 29.3. The number of carbonyl (C=O) groups is 1. The van der Waals surface area contributed by atoms with Crippen molar-refractivity contribution in [2.75, 3.05) is 7.11 Å². The smallest absolute Gasteiger partial charge is 0.309 e. The highest BCUT2D eigenvalue weighted by Gasteiger charge is 2.67. The lowest BCUT2D eigenvalue weighted by molar-refractivity contribution is -0.177. The molecule has 4 aliphatic carbocycles. The number of hydrogen-bond donors (Lipinski definition) is 4. The number of benzene rings is 2. The van der Waals surface area contributed by atoms with Crippen LogP contribution in [-0.2, 0) is 10.2 Å². The van der Waals surface area contributed by atoms with Crippen molar-refractivity contribution >= 4 is 16.9 Å². The Labute approximate surface area is 260 Å². The van der Waals surface area contributed by atoms with Gasteiger partial charge in [-0.1, -0.05) is 39.3 Å². The van der Waals surface area contributed by atoms with Gasteiger partial charge in [0.05, 0.1) is 12.5 Å². The van der Waals surface area contributed by atoms with Crippen LogP contribution in [0.5, 0.6) is 17.2 Å². The summed E-state index contributed by atoms with van der Waals surface area (Å²) in [5.41, 5.74) is 5.29. The van der Waals surface area contributed by atoms with Crippen molar-refractivity contribution in [3.63, 3.8) is 0 Å². The van der Waals surface area contributed by atoms with E-state index in [-0.39, 0.29) is 39.1 Å². The van der Waals surface area contributed by atoms with Crippen molar-refractivity contribution in [1.82, 2.24) is 4.98 Å². The maximum atomic E-state index is 12.6. The standard InChI is InChI=1S/C38H47NO5/c1-21-31-24(25-20-39-27-9-8-22(44-7)16-23(25)27)17-29-36(4,26(31)18-28(40)32(21)41)13-15-38(6)30-19-35(3,33(42)43)11-10-34(30,2)12-14-37(29,38)5/h8-9,16-18,20,24,30,39-41H,10-15,19H2,1-7H3,(H,42,43)/t24-,30+,34+,35+,36-,37+,38-/m0/s1. The average molecular weight is 598 g/mol. The van der Waals surface area contributed by atoms with Gasteiger partial charge in [0, 0.05) is 28.4 Å². The summed E-state index contributed by atoms with van der Waals surface area (Å²) in [6, 6.07) is 7.91. The van der Waals surface area contributed by atoms with Gasteiger partial charge in [-0.15, -0.1) is 0 Å². The molecule has 4 aliphatic rings. The molecule has 0 radical (unpaired) electrons. The lowest BCUT2D eigenvalue weighted by Crippen LogP contribution is -2.62. The second kappa shape index (κ2) is 9.08. The van der Waals surface area contributed by atoms with E-state index in [2.05, 4.69) is 51.0 Å². The number of allylic oxidation sites excluding steroid dienone is 2. The molecule has 6 nitrogen and oxygen atoms in total. The minimum atomic E-state index is -0.703. The van der Waals surface area contributed by atoms with Crippen molar-refractivity contribution in [3.8, 4) is 17.2 Å². The van der Waals surface area contributed by atoms with Crippen molar-refractivity contribution in [3.05, 3.63) is 64.4 Å². The molecule has 0 aliphatic heterocycles. The van der Waals surface area contributed by atoms with E-state index >= 15 is 0 Å². The molecule has 4 N–H and O–H groups in total. The quantitative estimate of drug-likeness (QED) is 0.179. The molecular formula is C38H47NO5. The fourth-order valence-corrected chi connectivity index (χ4v) is 10.7. The summed E-state index contributed by atoms with van der Waals surface area (Å²) in [7, 11) is 1.68. The first-order valence-corrected chi connectivity index (χ1v) is 16.3. The summed E-state index contributed by atoms with van der Waals surface area (Å²) >= 11 is 0. The van der Waals surface area contributed by atoms with Gasteiger partial charge in [-0.05, 0) is 127 Å². The average Bonchev–Trinajstić information content (AvgIpc) is 3.41. The van der Waals surface area contributed by atoms with Gasteiger partial charge in [-0.2, -0.15) is 0 Å². The van der Waals surface area contributed by atoms with Gasteiger partial charge in [0.15, 0.2) is 11.5 Å². The number of aromatic nitrogens is 1. The maximum Gasteiger partial charge on any atom is 0.309 e. The monoisotopic (exact) mass is 597 g/mol. The third-order valence-corrected chi connectivity index (χ3v) is 13.9. The second-order valence-corrected chi connectivity index (χ2v) is 15.9. The SMILES string of the molecule is COc1ccc2[nH]cc([C@@H]3C=C4[C@@](C)(CC[C@@]5(C)[C@@H]6C[C@](C)(C(=O)O)CC[C@]6(C)CC[C@]45C)c4cc(O)c(O)c(C)c43)c2c1. The van der Waals surface area contributed by atoms with Crippen molar-refractivity contribution in [1.29, 1.82) is 0 Å². The summed E-state index contributed by atoms with van der Waals surface area (Å²) in [5.74, 6) is 0.163. The molecule has 3 aromatic rings. The molecule has 3 fully saturated rings. The zero-order valence-electron chi connectivity index (χ0n) is 27.2. The first-order valence-electron chi connectivity index (χ1n) is 16.3. The molecule has 234 valence electrons. The number of aromatic hydroxyl groups is 2. The summed E-state index contributed by atoms with van der Waals surface area (Å²) < 4.78 is 5.61. The number of rotatable bonds is 3. The summed E-state index contributed by atoms with van der Waals surface area (Å²) in [5, 5.41) is 33.5. The van der Waals surface area contributed by atoms with Crippen LogP contribution in [0.1, 0.15) is 108 Å². The normalized spacial score (nSPS) is 37.8. The summed E-state index contributed by atoms with van der Waals surface area (Å²) in [6.45, 7) is 13.6. The second-order valence-electron chi connectivity index (χ2n) is 15.9. The zero-order valence-corrected chi connectivity index (χ0v) is 27.2. The number of H-pyrrole nitrogens is 1. The van der Waals surface area contributed by atoms with Crippen LogP contribution in [0.2, 0.25) is 0 Å². The Hall–Kier alpha value is -3.41. The fourth-order valence-electron chi connectivity index (χ4n) is 10.7. The van der Waals surface area contributed by atoms with Crippen LogP contribution in [0.15, 0.2) is 42.1 Å². The summed E-state index contributed by atoms with van der Waals surface area (Å²) in [4.78, 5) is 16.0. The minimum Gasteiger partial charge on any atom is -0.504 e. The first-order chi connectivity index (χ1) is 20.6. The summed E-state index contributed by atoms with van der Waals surface area (Å²) in [6.07, 6.45) is 11.0. The van der Waals surface area contributed by atoms with E-state index in [1.165, 1.54) is 5.57 Å². The molecular weight excluding hydrogens is 550 g/mol. The van der Waals surface area contributed by atoms with Gasteiger partial charge in [0.25, 0.3) is 0 Å². The molecule has 1 aromatic heterocycles. The third kappa shape index (κ3) is 3.57. The van der Waals surface area contributed by atoms with Gasteiger partial charge >= 0.3 is 5.97 Å². The molecule has 2 aromatic carbocycles. The van der Waals surface area contributed by atoms with Crippen LogP contribution in [0.4, 0.5) is 0 Å². The van der Waals surface area contributed by atoms with Crippen LogP contribution in [0.3, 0.4) is 0 Å². The van der Waals surface area contributed by atoms with E-state index in [4.69, 9.17) is 4.74 Å². The van der Waals surface area contributed by atoms with E-state index < -0.39 is 11.4 Å². The highest BCUT2D eigenvalue weighted by Crippen LogP contribution is 2.75. The number of carboxylic acids is 1. The van der Waals surface area contributed by atoms with Gasteiger partial charge in [-0.3, -0.25) is 4.79 Å². The van der Waals surface area contributed by atoms with Crippen LogP contribution in [0, 0.1) is 34.5 Å². The Balaban J connectivity index is 1.47. The number of methoxy groups -OCH3 is 1. The van der Waals surface area contributed by atoms with Crippen molar-refractivity contribution in [2.24, 2.45) is 27.6 Å². The Bertz CT molecular complexity index is 1750. The largest absolute Gasteiger partial charge is 0.504 e. The van der Waals surface area contributed by atoms with Gasteiger partial charge in [0.2, 0.25) is 0 Å². The number of phenols is 2. The maximum absolute atomic E-state index is 12.6. The number of fused-ring (bicyclic) bond motifs is 8. The third-order valence-electron chi connectivity index (χ3n) is 13.9. The number of aliphatic carboxylic acids is 1. The minimum absolute atomic E-state index is 0.0536. The zero-order chi connectivity index (χ0) is 31.6. The lowest BCUT2D eigenvalue weighted by Gasteiger charge is -2.70. The molecule has 0 bridgehead atoms. The Morgan fingerprint density at radius 2 is 1.70 bits per heavy atom.